The Kier molecular flexibility index (Phi) is 39.0. The largest absolute Gasteiger partial charge is 0.472 e. The van der Waals surface area contributed by atoms with Gasteiger partial charge in [0.05, 0.1) is 33.0 Å². The van der Waals surface area contributed by atoms with Crippen molar-refractivity contribution in [2.45, 2.75) is 167 Å². The first-order valence-corrected chi connectivity index (χ1v) is 22.4. The molecule has 54 heavy (non-hydrogen) atoms. The van der Waals surface area contributed by atoms with Crippen molar-refractivity contribution in [1.29, 1.82) is 0 Å². The summed E-state index contributed by atoms with van der Waals surface area (Å²) in [5.41, 5.74) is 0. The van der Waals surface area contributed by atoms with E-state index in [1.54, 1.807) is 0 Å². The standard InChI is InChI=1S/C44H77O9P/c1-3-5-7-9-11-13-15-17-19-21-22-24-26-28-30-32-34-36-44(47)53-43(41-52-54(48,49)51-39-42(46)38-45)40-50-37-35-33-31-29-27-25-23-20-18-16-14-12-10-8-6-4-2/h6,8,12,14,17-20,25,27,31,33,42-43,45-46H,3-5,7,9-11,13,15-16,21-24,26,28-30,32,34-41H2,1-2H3,(H,48,49)/b8-6-,14-12-,19-17-,20-18-,27-25-,33-31-. The Morgan fingerprint density at radius 3 is 1.59 bits per heavy atom. The van der Waals surface area contributed by atoms with E-state index in [0.717, 1.165) is 57.8 Å². The number of esters is 1. The second-order valence-corrected chi connectivity index (χ2v) is 15.1. The molecule has 0 aromatic heterocycles. The van der Waals surface area contributed by atoms with Crippen LogP contribution in [0.4, 0.5) is 0 Å². The van der Waals surface area contributed by atoms with E-state index < -0.39 is 45.8 Å². The number of phosphoric ester groups is 1. The van der Waals surface area contributed by atoms with Gasteiger partial charge in [-0.25, -0.2) is 4.57 Å². The van der Waals surface area contributed by atoms with Gasteiger partial charge in [-0.1, -0.05) is 151 Å². The molecule has 0 bridgehead atoms. The highest BCUT2D eigenvalue weighted by atomic mass is 31.2. The van der Waals surface area contributed by atoms with E-state index in [2.05, 4.69) is 80.7 Å². The Hall–Kier alpha value is -2.10. The third-order valence-corrected chi connectivity index (χ3v) is 9.35. The maximum atomic E-state index is 12.6. The number of carbonyl (C=O) groups excluding carboxylic acids is 1. The zero-order valence-corrected chi connectivity index (χ0v) is 34.8. The summed E-state index contributed by atoms with van der Waals surface area (Å²) in [5, 5.41) is 18.3. The molecule has 10 heteroatoms. The Balaban J connectivity index is 4.32. The second kappa shape index (κ2) is 40.6. The number of aliphatic hydroxyl groups excluding tert-OH is 2. The summed E-state index contributed by atoms with van der Waals surface area (Å²) >= 11 is 0. The SMILES string of the molecule is CC/C=C\C/C=C\C/C=C\C/C=C\C/C=C\CCOCC(COP(=O)(O)OCC(O)CO)OC(=O)CCCCCCCCC/C=C\CCCCCCCC. The van der Waals surface area contributed by atoms with E-state index in [0.29, 0.717) is 19.4 Å². The van der Waals surface area contributed by atoms with Gasteiger partial charge in [-0.3, -0.25) is 13.8 Å². The molecule has 0 fully saturated rings. The molecule has 0 saturated carbocycles. The monoisotopic (exact) mass is 781 g/mol. The molecule has 3 atom stereocenters. The van der Waals surface area contributed by atoms with E-state index >= 15 is 0 Å². The maximum Gasteiger partial charge on any atom is 0.472 e. The summed E-state index contributed by atoms with van der Waals surface area (Å²) in [6, 6.07) is 0. The molecule has 9 nitrogen and oxygen atoms in total. The topological polar surface area (TPSA) is 132 Å². The lowest BCUT2D eigenvalue weighted by atomic mass is 10.1. The minimum absolute atomic E-state index is 0.00997. The fourth-order valence-electron chi connectivity index (χ4n) is 5.24. The third kappa shape index (κ3) is 39.6. The van der Waals surface area contributed by atoms with Crippen molar-refractivity contribution in [2.75, 3.05) is 33.0 Å². The van der Waals surface area contributed by atoms with Crippen molar-refractivity contribution < 1.29 is 43.0 Å². The van der Waals surface area contributed by atoms with E-state index in [1.165, 1.54) is 64.2 Å². The van der Waals surface area contributed by atoms with Gasteiger partial charge in [0.25, 0.3) is 0 Å². The van der Waals surface area contributed by atoms with Gasteiger partial charge >= 0.3 is 13.8 Å². The molecule has 0 aliphatic carbocycles. The summed E-state index contributed by atoms with van der Waals surface area (Å²) in [5.74, 6) is -0.415. The van der Waals surface area contributed by atoms with Gasteiger partial charge in [-0.05, 0) is 70.6 Å². The normalized spacial score (nSPS) is 14.8. The third-order valence-electron chi connectivity index (χ3n) is 8.40. The van der Waals surface area contributed by atoms with Gasteiger partial charge in [-0.15, -0.1) is 0 Å². The van der Waals surface area contributed by atoms with Gasteiger partial charge in [0.1, 0.15) is 12.2 Å². The van der Waals surface area contributed by atoms with Crippen molar-refractivity contribution >= 4 is 13.8 Å². The Morgan fingerprint density at radius 1 is 0.593 bits per heavy atom. The maximum absolute atomic E-state index is 12.6. The predicted molar refractivity (Wildman–Crippen MR) is 223 cm³/mol. The Bertz CT molecular complexity index is 1070. The van der Waals surface area contributed by atoms with Crippen LogP contribution in [0.1, 0.15) is 155 Å². The number of aliphatic hydroxyl groups is 2. The minimum atomic E-state index is -4.54. The molecule has 0 amide bonds. The van der Waals surface area contributed by atoms with E-state index in [4.69, 9.17) is 23.6 Å². The van der Waals surface area contributed by atoms with Crippen LogP contribution in [0.2, 0.25) is 0 Å². The second-order valence-electron chi connectivity index (χ2n) is 13.6. The summed E-state index contributed by atoms with van der Waals surface area (Å²) < 4.78 is 33.2. The highest BCUT2D eigenvalue weighted by molar-refractivity contribution is 7.47. The fraction of sp³-hybridized carbons (Fsp3) is 0.705. The van der Waals surface area contributed by atoms with Crippen LogP contribution < -0.4 is 0 Å². The van der Waals surface area contributed by atoms with E-state index in [1.807, 2.05) is 6.08 Å². The minimum Gasteiger partial charge on any atom is -0.457 e. The van der Waals surface area contributed by atoms with Crippen LogP contribution in [0.5, 0.6) is 0 Å². The smallest absolute Gasteiger partial charge is 0.457 e. The average molecular weight is 781 g/mol. The molecule has 312 valence electrons. The fourth-order valence-corrected chi connectivity index (χ4v) is 6.03. The van der Waals surface area contributed by atoms with Crippen molar-refractivity contribution in [3.63, 3.8) is 0 Å². The lowest BCUT2D eigenvalue weighted by Crippen LogP contribution is -2.29. The number of ether oxygens (including phenoxy) is 2. The number of allylic oxidation sites excluding steroid dienone is 11. The number of hydrogen-bond donors (Lipinski definition) is 3. The van der Waals surface area contributed by atoms with Gasteiger partial charge in [0.2, 0.25) is 0 Å². The highest BCUT2D eigenvalue weighted by Crippen LogP contribution is 2.43. The lowest BCUT2D eigenvalue weighted by Gasteiger charge is -2.20. The molecule has 0 aliphatic heterocycles. The Morgan fingerprint density at radius 2 is 1.06 bits per heavy atom. The first-order chi connectivity index (χ1) is 26.3. The Labute approximate surface area is 329 Å². The van der Waals surface area contributed by atoms with Crippen LogP contribution in [-0.2, 0) is 27.9 Å². The average Bonchev–Trinajstić information content (AvgIpc) is 3.16. The molecular weight excluding hydrogens is 703 g/mol. The molecule has 0 radical (unpaired) electrons. The van der Waals surface area contributed by atoms with Crippen LogP contribution >= 0.6 is 7.82 Å². The summed E-state index contributed by atoms with van der Waals surface area (Å²) in [7, 11) is -4.54. The number of rotatable bonds is 39. The molecule has 0 aromatic carbocycles. The van der Waals surface area contributed by atoms with Crippen molar-refractivity contribution in [1.82, 2.24) is 0 Å². The van der Waals surface area contributed by atoms with Crippen LogP contribution in [-0.4, -0.2) is 66.3 Å². The number of unbranched alkanes of at least 4 members (excludes halogenated alkanes) is 13. The van der Waals surface area contributed by atoms with Crippen LogP contribution in [0.25, 0.3) is 0 Å². The van der Waals surface area contributed by atoms with Crippen LogP contribution in [0.15, 0.2) is 72.9 Å². The first-order valence-electron chi connectivity index (χ1n) is 20.9. The lowest BCUT2D eigenvalue weighted by molar-refractivity contribution is -0.154. The molecule has 0 aliphatic rings. The molecule has 0 aromatic rings. The summed E-state index contributed by atoms with van der Waals surface area (Å²) in [6.07, 6.45) is 47.4. The van der Waals surface area contributed by atoms with Gasteiger partial charge in [0.15, 0.2) is 0 Å². The highest BCUT2D eigenvalue weighted by Gasteiger charge is 2.26. The zero-order valence-electron chi connectivity index (χ0n) is 33.9. The molecule has 3 N–H and O–H groups in total. The van der Waals surface area contributed by atoms with Crippen molar-refractivity contribution in [3.8, 4) is 0 Å². The summed E-state index contributed by atoms with van der Waals surface area (Å²) in [6.45, 7) is 3.15. The number of phosphoric acid groups is 1. The van der Waals surface area contributed by atoms with Gasteiger partial charge < -0.3 is 24.6 Å². The van der Waals surface area contributed by atoms with Gasteiger partial charge in [0, 0.05) is 6.42 Å². The molecule has 3 unspecified atom stereocenters. The van der Waals surface area contributed by atoms with Crippen LogP contribution in [0, 0.1) is 0 Å². The predicted octanol–water partition coefficient (Wildman–Crippen LogP) is 11.4. The van der Waals surface area contributed by atoms with E-state index in [9.17, 15) is 19.4 Å². The molecular formula is C44H77O9P. The van der Waals surface area contributed by atoms with E-state index in [-0.39, 0.29) is 13.0 Å². The summed E-state index contributed by atoms with van der Waals surface area (Å²) in [4.78, 5) is 22.5. The molecule has 0 spiro atoms. The number of hydrogen-bond acceptors (Lipinski definition) is 8. The van der Waals surface area contributed by atoms with Crippen molar-refractivity contribution in [3.05, 3.63) is 72.9 Å². The molecule has 0 saturated heterocycles. The van der Waals surface area contributed by atoms with Crippen molar-refractivity contribution in [2.24, 2.45) is 0 Å². The zero-order chi connectivity index (χ0) is 39.6. The first kappa shape index (κ1) is 51.9. The van der Waals surface area contributed by atoms with Crippen LogP contribution in [0.3, 0.4) is 0 Å². The molecule has 0 heterocycles. The number of carbonyl (C=O) groups is 1. The molecule has 0 rings (SSSR count). The quantitative estimate of drug-likeness (QED) is 0.0241. The van der Waals surface area contributed by atoms with Gasteiger partial charge in [-0.2, -0.15) is 0 Å².